The molecule has 120 valence electrons. The van der Waals surface area contributed by atoms with E-state index in [1.807, 2.05) is 0 Å². The van der Waals surface area contributed by atoms with Crippen molar-refractivity contribution in [2.45, 2.75) is 76.7 Å². The molecule has 0 bridgehead atoms. The van der Waals surface area contributed by atoms with Crippen LogP contribution in [0.15, 0.2) is 30.3 Å². The first-order valence-electron chi connectivity index (χ1n) is 8.93. The van der Waals surface area contributed by atoms with Crippen LogP contribution in [-0.4, -0.2) is 23.5 Å². The van der Waals surface area contributed by atoms with E-state index in [1.54, 1.807) is 0 Å². The molecular formula is C19H34OSn. The Hall–Kier alpha value is -0.0213. The van der Waals surface area contributed by atoms with Gasteiger partial charge >= 0.3 is 136 Å². The zero-order valence-corrected chi connectivity index (χ0v) is 17.1. The molecule has 1 aromatic carbocycles. The molecule has 0 aliphatic rings. The van der Waals surface area contributed by atoms with Gasteiger partial charge in [0.25, 0.3) is 0 Å². The van der Waals surface area contributed by atoms with Crippen molar-refractivity contribution in [2.75, 3.05) is 0 Å². The van der Waals surface area contributed by atoms with Gasteiger partial charge < -0.3 is 0 Å². The molecule has 1 N–H and O–H groups in total. The number of aliphatic hydroxyl groups is 1. The molecule has 0 spiro atoms. The zero-order chi connectivity index (χ0) is 15.6. The first-order chi connectivity index (χ1) is 10.2. The predicted molar refractivity (Wildman–Crippen MR) is 96.3 cm³/mol. The quantitative estimate of drug-likeness (QED) is 0.447. The first kappa shape index (κ1) is 19.0. The second kappa shape index (κ2) is 10.7. The van der Waals surface area contributed by atoms with Crippen molar-refractivity contribution < 1.29 is 5.11 Å². The number of hydrogen-bond donors (Lipinski definition) is 1. The third kappa shape index (κ3) is 5.94. The molecule has 0 saturated heterocycles. The third-order valence-electron chi connectivity index (χ3n) is 4.78. The average molecular weight is 397 g/mol. The summed E-state index contributed by atoms with van der Waals surface area (Å²) in [6.07, 6.45) is 7.73. The van der Waals surface area contributed by atoms with Crippen molar-refractivity contribution in [3.05, 3.63) is 35.9 Å². The maximum atomic E-state index is 11.2. The molecule has 1 unspecified atom stereocenters. The van der Waals surface area contributed by atoms with Crippen molar-refractivity contribution in [3.63, 3.8) is 0 Å². The molecule has 1 rings (SSSR count). The Morgan fingerprint density at radius 3 is 1.62 bits per heavy atom. The van der Waals surface area contributed by atoms with E-state index in [0.717, 1.165) is 0 Å². The average Bonchev–Trinajstić information content (AvgIpc) is 2.55. The van der Waals surface area contributed by atoms with Gasteiger partial charge in [0, 0.05) is 0 Å². The minimum atomic E-state index is -2.53. The van der Waals surface area contributed by atoms with Crippen molar-refractivity contribution in [2.24, 2.45) is 0 Å². The monoisotopic (exact) mass is 398 g/mol. The van der Waals surface area contributed by atoms with Crippen LogP contribution in [0.1, 0.15) is 69.0 Å². The Labute approximate surface area is 136 Å². The van der Waals surface area contributed by atoms with Gasteiger partial charge in [0.05, 0.1) is 0 Å². The Balaban J connectivity index is 2.99. The Kier molecular flexibility index (Phi) is 9.66. The molecule has 0 aromatic heterocycles. The van der Waals surface area contributed by atoms with Crippen LogP contribution in [0, 0.1) is 0 Å². The fourth-order valence-corrected chi connectivity index (χ4v) is 19.5. The SMILES string of the molecule is CCC[CH2][Sn]([CH2]CCC)([CH2]CCC)[CH](O)c1ccccc1. The zero-order valence-electron chi connectivity index (χ0n) is 14.3. The number of aliphatic hydroxyl groups excluding tert-OH is 1. The normalized spacial score (nSPS) is 13.3. The van der Waals surface area contributed by atoms with Crippen LogP contribution in [0.3, 0.4) is 0 Å². The number of benzene rings is 1. The van der Waals surface area contributed by atoms with Crippen molar-refractivity contribution in [1.29, 1.82) is 0 Å². The van der Waals surface area contributed by atoms with Crippen molar-refractivity contribution in [3.8, 4) is 0 Å². The van der Waals surface area contributed by atoms with E-state index < -0.39 is 18.4 Å². The Morgan fingerprint density at radius 1 is 0.810 bits per heavy atom. The van der Waals surface area contributed by atoms with Crippen LogP contribution in [0.25, 0.3) is 0 Å². The second-order valence-electron chi connectivity index (χ2n) is 6.49. The molecule has 0 saturated carbocycles. The van der Waals surface area contributed by atoms with Crippen LogP contribution in [0.5, 0.6) is 0 Å². The molecule has 0 fully saturated rings. The fourth-order valence-electron chi connectivity index (χ4n) is 3.36. The van der Waals surface area contributed by atoms with Gasteiger partial charge in [0.2, 0.25) is 0 Å². The second-order valence-corrected chi connectivity index (χ2v) is 20.1. The summed E-state index contributed by atoms with van der Waals surface area (Å²) in [5.74, 6) is 0. The summed E-state index contributed by atoms with van der Waals surface area (Å²) in [5, 5.41) is 11.2. The maximum absolute atomic E-state index is 11.2. The van der Waals surface area contributed by atoms with Crippen LogP contribution in [0.4, 0.5) is 0 Å². The van der Waals surface area contributed by atoms with E-state index in [-0.39, 0.29) is 4.12 Å². The molecule has 0 amide bonds. The van der Waals surface area contributed by atoms with Gasteiger partial charge in [-0.3, -0.25) is 0 Å². The van der Waals surface area contributed by atoms with E-state index in [0.29, 0.717) is 0 Å². The number of unbranched alkanes of at least 4 members (excludes halogenated alkanes) is 3. The summed E-state index contributed by atoms with van der Waals surface area (Å²) in [5.41, 5.74) is 1.19. The van der Waals surface area contributed by atoms with Gasteiger partial charge in [-0.15, -0.1) is 0 Å². The summed E-state index contributed by atoms with van der Waals surface area (Å²) in [7, 11) is 0. The van der Waals surface area contributed by atoms with Crippen LogP contribution < -0.4 is 0 Å². The minimum absolute atomic E-state index is 0.106. The topological polar surface area (TPSA) is 20.2 Å². The predicted octanol–water partition coefficient (Wildman–Crippen LogP) is 6.11. The van der Waals surface area contributed by atoms with Gasteiger partial charge in [-0.25, -0.2) is 0 Å². The van der Waals surface area contributed by atoms with E-state index in [9.17, 15) is 5.11 Å². The van der Waals surface area contributed by atoms with E-state index in [1.165, 1.54) is 57.4 Å². The summed E-state index contributed by atoms with van der Waals surface area (Å²) in [6.45, 7) is 6.85. The summed E-state index contributed by atoms with van der Waals surface area (Å²) in [4.78, 5) is 0. The van der Waals surface area contributed by atoms with E-state index in [4.69, 9.17) is 0 Å². The van der Waals surface area contributed by atoms with Gasteiger partial charge in [0.1, 0.15) is 0 Å². The molecular weight excluding hydrogens is 363 g/mol. The Bertz CT molecular complexity index is 341. The molecule has 0 aliphatic carbocycles. The molecule has 21 heavy (non-hydrogen) atoms. The van der Waals surface area contributed by atoms with Gasteiger partial charge in [-0.1, -0.05) is 0 Å². The molecule has 0 aliphatic heterocycles. The molecule has 0 heterocycles. The fraction of sp³-hybridized carbons (Fsp3) is 0.684. The standard InChI is InChI=1S/C7H7O.3C4H9.Sn/c8-6-7-4-2-1-3-5-7;3*1-3-4-2;/h1-6,8H;3*1,3-4H2,2H3;. The van der Waals surface area contributed by atoms with E-state index >= 15 is 0 Å². The number of hydrogen-bond acceptors (Lipinski definition) is 1. The summed E-state index contributed by atoms with van der Waals surface area (Å²) < 4.78 is 3.98. The molecule has 1 aromatic rings. The van der Waals surface area contributed by atoms with Gasteiger partial charge in [0.15, 0.2) is 0 Å². The third-order valence-corrected chi connectivity index (χ3v) is 20.6. The van der Waals surface area contributed by atoms with Gasteiger partial charge in [-0.05, 0) is 0 Å². The van der Waals surface area contributed by atoms with Crippen LogP contribution in [0.2, 0.25) is 13.3 Å². The van der Waals surface area contributed by atoms with E-state index in [2.05, 4.69) is 51.1 Å². The molecule has 2 heteroatoms. The van der Waals surface area contributed by atoms with Crippen LogP contribution >= 0.6 is 0 Å². The molecule has 1 nitrogen and oxygen atoms in total. The summed E-state index contributed by atoms with van der Waals surface area (Å²) >= 11 is -2.53. The molecule has 0 radical (unpaired) electrons. The van der Waals surface area contributed by atoms with Crippen molar-refractivity contribution >= 4 is 18.4 Å². The summed E-state index contributed by atoms with van der Waals surface area (Å²) in [6, 6.07) is 10.5. The van der Waals surface area contributed by atoms with Crippen LogP contribution in [-0.2, 0) is 0 Å². The number of rotatable bonds is 11. The first-order valence-corrected chi connectivity index (χ1v) is 16.6. The Morgan fingerprint density at radius 2 is 1.24 bits per heavy atom. The molecule has 1 atom stereocenters. The van der Waals surface area contributed by atoms with Gasteiger partial charge in [-0.2, -0.15) is 0 Å². The van der Waals surface area contributed by atoms with Crippen molar-refractivity contribution in [1.82, 2.24) is 0 Å².